The van der Waals surface area contributed by atoms with Crippen molar-refractivity contribution in [3.63, 3.8) is 0 Å². The Balaban J connectivity index is 1.38. The van der Waals surface area contributed by atoms with Gasteiger partial charge in [0.25, 0.3) is 0 Å². The molecule has 2 aromatic rings. The van der Waals surface area contributed by atoms with Crippen molar-refractivity contribution in [1.82, 2.24) is 4.90 Å². The van der Waals surface area contributed by atoms with E-state index in [0.29, 0.717) is 13.0 Å². The molecule has 2 N–H and O–H groups in total. The summed E-state index contributed by atoms with van der Waals surface area (Å²) in [4.78, 5) is 2.20. The van der Waals surface area contributed by atoms with Crippen LogP contribution in [0, 0.1) is 5.82 Å². The van der Waals surface area contributed by atoms with Crippen molar-refractivity contribution >= 4 is 0 Å². The Morgan fingerprint density at radius 2 is 1.81 bits per heavy atom. The number of aliphatic hydroxyl groups excluding tert-OH is 2. The molecule has 0 aromatic heterocycles. The van der Waals surface area contributed by atoms with E-state index in [1.807, 2.05) is 24.3 Å². The SMILES string of the molecule is O[C@@H]1CC2(CCN(C[C@H](O)c3ccc(F)cc3)CC2)Oc2ccccc21. The molecule has 2 heterocycles. The number of hydrogen-bond donors (Lipinski definition) is 2. The summed E-state index contributed by atoms with van der Waals surface area (Å²) in [5, 5.41) is 20.9. The highest BCUT2D eigenvalue weighted by Gasteiger charge is 2.42. The minimum atomic E-state index is -0.636. The number of para-hydroxylation sites is 1. The normalized spacial score (nSPS) is 23.3. The molecule has 138 valence electrons. The Hall–Kier alpha value is -1.95. The summed E-state index contributed by atoms with van der Waals surface area (Å²) >= 11 is 0. The van der Waals surface area contributed by atoms with Crippen LogP contribution in [-0.4, -0.2) is 40.3 Å². The largest absolute Gasteiger partial charge is 0.487 e. The molecule has 4 rings (SSSR count). The van der Waals surface area contributed by atoms with Crippen LogP contribution in [0.4, 0.5) is 4.39 Å². The average Bonchev–Trinajstić information content (AvgIpc) is 2.64. The molecule has 0 bridgehead atoms. The van der Waals surface area contributed by atoms with Crippen LogP contribution in [0.3, 0.4) is 0 Å². The van der Waals surface area contributed by atoms with Crippen molar-refractivity contribution in [2.75, 3.05) is 19.6 Å². The highest BCUT2D eigenvalue weighted by atomic mass is 19.1. The van der Waals surface area contributed by atoms with Gasteiger partial charge in [-0.3, -0.25) is 0 Å². The molecule has 2 aliphatic heterocycles. The number of nitrogens with zero attached hydrogens (tertiary/aromatic N) is 1. The molecule has 2 aliphatic rings. The van der Waals surface area contributed by atoms with Gasteiger partial charge in [0.05, 0.1) is 12.2 Å². The standard InChI is InChI=1S/C21H24FNO3/c22-16-7-5-15(6-8-16)19(25)14-23-11-9-21(10-12-23)13-18(24)17-3-1-2-4-20(17)26-21/h1-8,18-19,24-25H,9-14H2/t18-,19+/m1/s1. The van der Waals surface area contributed by atoms with Crippen molar-refractivity contribution in [2.24, 2.45) is 0 Å². The summed E-state index contributed by atoms with van der Waals surface area (Å²) in [6.07, 6.45) is 1.11. The predicted octanol–water partition coefficient (Wildman–Crippen LogP) is 3.21. The zero-order chi connectivity index (χ0) is 18.1. The van der Waals surface area contributed by atoms with E-state index in [0.717, 1.165) is 42.8 Å². The minimum Gasteiger partial charge on any atom is -0.487 e. The van der Waals surface area contributed by atoms with E-state index in [4.69, 9.17) is 4.74 Å². The van der Waals surface area contributed by atoms with Crippen molar-refractivity contribution in [3.05, 3.63) is 65.5 Å². The van der Waals surface area contributed by atoms with Gasteiger partial charge in [-0.1, -0.05) is 30.3 Å². The van der Waals surface area contributed by atoms with Gasteiger partial charge in [0.2, 0.25) is 0 Å². The van der Waals surface area contributed by atoms with Crippen LogP contribution in [0.2, 0.25) is 0 Å². The maximum Gasteiger partial charge on any atom is 0.125 e. The Labute approximate surface area is 152 Å². The van der Waals surface area contributed by atoms with Crippen LogP contribution in [0.5, 0.6) is 5.75 Å². The van der Waals surface area contributed by atoms with Crippen LogP contribution >= 0.6 is 0 Å². The van der Waals surface area contributed by atoms with E-state index in [1.165, 1.54) is 12.1 Å². The number of halogens is 1. The number of ether oxygens (including phenoxy) is 1. The minimum absolute atomic E-state index is 0.297. The lowest BCUT2D eigenvalue weighted by Crippen LogP contribution is -2.51. The van der Waals surface area contributed by atoms with Gasteiger partial charge in [-0.25, -0.2) is 4.39 Å². The second-order valence-corrected chi connectivity index (χ2v) is 7.41. The summed E-state index contributed by atoms with van der Waals surface area (Å²) in [6, 6.07) is 13.7. The average molecular weight is 357 g/mol. The van der Waals surface area contributed by atoms with Gasteiger partial charge in [-0.2, -0.15) is 0 Å². The Bertz CT molecular complexity index is 756. The number of β-amino-alcohol motifs (C(OH)–C–C–N with tert-alkyl or cyclic N) is 1. The predicted molar refractivity (Wildman–Crippen MR) is 96.4 cm³/mol. The first-order valence-electron chi connectivity index (χ1n) is 9.17. The molecule has 0 aliphatic carbocycles. The Morgan fingerprint density at radius 3 is 2.54 bits per heavy atom. The topological polar surface area (TPSA) is 52.9 Å². The lowest BCUT2D eigenvalue weighted by atomic mass is 9.81. The third kappa shape index (κ3) is 3.47. The Morgan fingerprint density at radius 1 is 1.12 bits per heavy atom. The van der Waals surface area contributed by atoms with E-state index >= 15 is 0 Å². The number of rotatable bonds is 3. The van der Waals surface area contributed by atoms with Gasteiger partial charge in [0, 0.05) is 31.6 Å². The van der Waals surface area contributed by atoms with Crippen LogP contribution in [0.25, 0.3) is 0 Å². The molecule has 5 heteroatoms. The van der Waals surface area contributed by atoms with Crippen LogP contribution < -0.4 is 4.74 Å². The summed E-state index contributed by atoms with van der Waals surface area (Å²) in [5.41, 5.74) is 1.27. The van der Waals surface area contributed by atoms with Crippen LogP contribution in [-0.2, 0) is 0 Å². The molecule has 0 unspecified atom stereocenters. The number of aliphatic hydroxyl groups is 2. The highest BCUT2D eigenvalue weighted by molar-refractivity contribution is 5.38. The first-order valence-corrected chi connectivity index (χ1v) is 9.17. The first-order chi connectivity index (χ1) is 12.5. The van der Waals surface area contributed by atoms with E-state index in [9.17, 15) is 14.6 Å². The fraction of sp³-hybridized carbons (Fsp3) is 0.429. The molecule has 26 heavy (non-hydrogen) atoms. The number of piperidine rings is 1. The van der Waals surface area contributed by atoms with Crippen LogP contribution in [0.15, 0.2) is 48.5 Å². The van der Waals surface area contributed by atoms with Crippen molar-refractivity contribution in [3.8, 4) is 5.75 Å². The number of fused-ring (bicyclic) bond motifs is 1. The quantitative estimate of drug-likeness (QED) is 0.886. The molecule has 4 nitrogen and oxygen atoms in total. The van der Waals surface area contributed by atoms with E-state index in [-0.39, 0.29) is 11.4 Å². The van der Waals surface area contributed by atoms with Gasteiger partial charge in [0.1, 0.15) is 17.2 Å². The third-order valence-electron chi connectivity index (χ3n) is 5.62. The molecule has 1 saturated heterocycles. The zero-order valence-electron chi connectivity index (χ0n) is 14.6. The van der Waals surface area contributed by atoms with Gasteiger partial charge in [-0.15, -0.1) is 0 Å². The van der Waals surface area contributed by atoms with E-state index in [2.05, 4.69) is 4.90 Å². The second kappa shape index (κ2) is 6.99. The summed E-state index contributed by atoms with van der Waals surface area (Å²) < 4.78 is 19.3. The van der Waals surface area contributed by atoms with Crippen molar-refractivity contribution in [2.45, 2.75) is 37.1 Å². The molecule has 0 saturated carbocycles. The maximum atomic E-state index is 13.0. The number of hydrogen-bond acceptors (Lipinski definition) is 4. The molecular weight excluding hydrogens is 333 g/mol. The number of likely N-dealkylation sites (tertiary alicyclic amines) is 1. The molecule has 1 spiro atoms. The summed E-state index contributed by atoms with van der Waals surface area (Å²) in [7, 11) is 0. The second-order valence-electron chi connectivity index (χ2n) is 7.41. The monoisotopic (exact) mass is 357 g/mol. The fourth-order valence-corrected chi connectivity index (χ4v) is 4.07. The van der Waals surface area contributed by atoms with E-state index < -0.39 is 12.2 Å². The summed E-state index contributed by atoms with van der Waals surface area (Å²) in [6.45, 7) is 2.11. The third-order valence-corrected chi connectivity index (χ3v) is 5.62. The number of benzene rings is 2. The maximum absolute atomic E-state index is 13.0. The molecular formula is C21H24FNO3. The van der Waals surface area contributed by atoms with Crippen molar-refractivity contribution < 1.29 is 19.3 Å². The molecule has 1 fully saturated rings. The van der Waals surface area contributed by atoms with Gasteiger partial charge >= 0.3 is 0 Å². The smallest absolute Gasteiger partial charge is 0.125 e. The Kier molecular flexibility index (Phi) is 4.69. The van der Waals surface area contributed by atoms with Gasteiger partial charge in [0.15, 0.2) is 0 Å². The fourth-order valence-electron chi connectivity index (χ4n) is 4.07. The summed E-state index contributed by atoms with van der Waals surface area (Å²) in [5.74, 6) is 0.486. The van der Waals surface area contributed by atoms with Gasteiger partial charge in [-0.05, 0) is 36.6 Å². The molecule has 0 amide bonds. The van der Waals surface area contributed by atoms with Crippen LogP contribution in [0.1, 0.15) is 42.6 Å². The first kappa shape index (κ1) is 17.5. The lowest BCUT2D eigenvalue weighted by Gasteiger charge is -2.46. The van der Waals surface area contributed by atoms with Gasteiger partial charge < -0.3 is 19.8 Å². The lowest BCUT2D eigenvalue weighted by molar-refractivity contribution is -0.0587. The van der Waals surface area contributed by atoms with E-state index in [1.54, 1.807) is 12.1 Å². The highest BCUT2D eigenvalue weighted by Crippen LogP contribution is 2.44. The molecule has 2 atom stereocenters. The van der Waals surface area contributed by atoms with Crippen molar-refractivity contribution in [1.29, 1.82) is 0 Å². The zero-order valence-corrected chi connectivity index (χ0v) is 14.6. The molecule has 2 aromatic carbocycles. The molecule has 0 radical (unpaired) electrons.